The number of nitrogens with zero attached hydrogens (tertiary/aromatic N) is 3. The lowest BCUT2D eigenvalue weighted by Crippen LogP contribution is -1.99. The Hall–Kier alpha value is -6.26. The largest absolute Gasteiger partial charge is 0.456 e. The molecule has 0 unspecified atom stereocenters. The van der Waals surface area contributed by atoms with Crippen molar-refractivity contribution in [2.75, 3.05) is 0 Å². The van der Waals surface area contributed by atoms with E-state index in [0.29, 0.717) is 5.82 Å². The molecule has 0 saturated carbocycles. The first kappa shape index (κ1) is 26.2. The van der Waals surface area contributed by atoms with Crippen molar-refractivity contribution in [2.24, 2.45) is 0 Å². The summed E-state index contributed by atoms with van der Waals surface area (Å²) in [5.74, 6) is 2.39. The van der Waals surface area contributed by atoms with Crippen LogP contribution in [-0.2, 0) is 0 Å². The van der Waals surface area contributed by atoms with Gasteiger partial charge in [0.25, 0.3) is 0 Å². The minimum atomic E-state index is 0.699. The maximum atomic E-state index is 6.56. The van der Waals surface area contributed by atoms with Crippen molar-refractivity contribution in [1.29, 1.82) is 0 Å². The molecule has 0 N–H and O–H groups in total. The molecule has 3 heterocycles. The van der Waals surface area contributed by atoms with Crippen LogP contribution in [0.1, 0.15) is 0 Å². The number of hydrogen-bond donors (Lipinski definition) is 0. The van der Waals surface area contributed by atoms with Gasteiger partial charge in [0.1, 0.15) is 11.5 Å². The first-order valence-corrected chi connectivity index (χ1v) is 15.4. The molecule has 0 saturated heterocycles. The van der Waals surface area contributed by atoms with Crippen molar-refractivity contribution in [1.82, 2.24) is 14.5 Å². The van der Waals surface area contributed by atoms with Gasteiger partial charge in [-0.3, -0.25) is 0 Å². The number of benzene rings is 6. The van der Waals surface area contributed by atoms with Gasteiger partial charge in [-0.2, -0.15) is 0 Å². The van der Waals surface area contributed by atoms with E-state index in [4.69, 9.17) is 14.7 Å². The monoisotopic (exact) mass is 589 g/mol. The molecule has 1 aliphatic rings. The second kappa shape index (κ2) is 10.7. The minimum absolute atomic E-state index is 0.699. The number of ether oxygens (including phenoxy) is 1. The standard InChI is InChI=1S/C42H27N3O/c1-3-14-28(15-4-1)35-27-36(44-42(43-35)29-16-5-2-6-17-29)30-18-13-19-31(26-30)45-37-23-10-7-20-32(37)40-33-21-8-11-24-38(33)46-39-25-12-9-22-34(39)41(40)45/h1-27H. The Morgan fingerprint density at radius 1 is 0.457 bits per heavy atom. The van der Waals surface area contributed by atoms with E-state index in [0.717, 1.165) is 67.6 Å². The molecule has 0 amide bonds. The van der Waals surface area contributed by atoms with Crippen LogP contribution in [0.5, 0.6) is 11.5 Å². The molecule has 0 spiro atoms. The summed E-state index contributed by atoms with van der Waals surface area (Å²) in [5, 5.41) is 1.18. The number of rotatable bonds is 4. The molecule has 0 bridgehead atoms. The van der Waals surface area contributed by atoms with Gasteiger partial charge in [0, 0.05) is 44.5 Å². The van der Waals surface area contributed by atoms with Gasteiger partial charge in [0.15, 0.2) is 5.82 Å². The van der Waals surface area contributed by atoms with E-state index >= 15 is 0 Å². The predicted octanol–water partition coefficient (Wildman–Crippen LogP) is 10.9. The molecule has 4 heteroatoms. The second-order valence-corrected chi connectivity index (χ2v) is 11.4. The van der Waals surface area contributed by atoms with Gasteiger partial charge in [-0.1, -0.05) is 121 Å². The summed E-state index contributed by atoms with van der Waals surface area (Å²) in [6.45, 7) is 0. The third kappa shape index (κ3) is 4.31. The van der Waals surface area contributed by atoms with Gasteiger partial charge in [0.05, 0.1) is 22.6 Å². The Bertz CT molecular complexity index is 2340. The molecule has 8 aromatic rings. The van der Waals surface area contributed by atoms with Gasteiger partial charge < -0.3 is 9.30 Å². The lowest BCUT2D eigenvalue weighted by molar-refractivity contribution is 0.487. The van der Waals surface area contributed by atoms with E-state index in [1.807, 2.05) is 48.5 Å². The van der Waals surface area contributed by atoms with Gasteiger partial charge in [-0.15, -0.1) is 0 Å². The highest BCUT2D eigenvalue weighted by Gasteiger charge is 2.28. The van der Waals surface area contributed by atoms with Crippen molar-refractivity contribution in [3.63, 3.8) is 0 Å². The Kier molecular flexibility index (Phi) is 6.10. The van der Waals surface area contributed by atoms with Crippen LogP contribution >= 0.6 is 0 Å². The van der Waals surface area contributed by atoms with Crippen LogP contribution in [-0.4, -0.2) is 14.5 Å². The molecule has 0 fully saturated rings. The molecule has 6 aromatic carbocycles. The number of fused-ring (bicyclic) bond motifs is 7. The molecule has 9 rings (SSSR count). The van der Waals surface area contributed by atoms with Crippen LogP contribution in [0.4, 0.5) is 0 Å². The summed E-state index contributed by atoms with van der Waals surface area (Å²) in [6.07, 6.45) is 0. The van der Waals surface area contributed by atoms with Crippen molar-refractivity contribution in [3.8, 4) is 73.5 Å². The van der Waals surface area contributed by atoms with Crippen LogP contribution in [0.3, 0.4) is 0 Å². The van der Waals surface area contributed by atoms with E-state index in [-0.39, 0.29) is 0 Å². The molecular weight excluding hydrogens is 562 g/mol. The fraction of sp³-hybridized carbons (Fsp3) is 0. The fourth-order valence-corrected chi connectivity index (χ4v) is 6.54. The summed E-state index contributed by atoms with van der Waals surface area (Å²) < 4.78 is 8.93. The highest BCUT2D eigenvalue weighted by Crippen LogP contribution is 2.51. The van der Waals surface area contributed by atoms with E-state index in [1.165, 1.54) is 10.9 Å². The molecule has 0 aliphatic carbocycles. The summed E-state index contributed by atoms with van der Waals surface area (Å²) in [7, 11) is 0. The van der Waals surface area contributed by atoms with E-state index in [1.54, 1.807) is 0 Å². The lowest BCUT2D eigenvalue weighted by Gasteiger charge is -2.15. The molecule has 0 radical (unpaired) electrons. The van der Waals surface area contributed by atoms with E-state index in [2.05, 4.69) is 120 Å². The zero-order valence-electron chi connectivity index (χ0n) is 24.8. The molecule has 46 heavy (non-hydrogen) atoms. The van der Waals surface area contributed by atoms with Crippen molar-refractivity contribution < 1.29 is 4.74 Å². The quantitative estimate of drug-likeness (QED) is 0.205. The SMILES string of the molecule is c1ccc(-c2cc(-c3cccc(-n4c5c(c6ccccc64)-c4ccccc4Oc4ccccc4-5)c3)nc(-c3ccccc3)n2)cc1. The summed E-state index contributed by atoms with van der Waals surface area (Å²) in [4.78, 5) is 10.1. The molecule has 216 valence electrons. The first-order valence-electron chi connectivity index (χ1n) is 15.4. The maximum Gasteiger partial charge on any atom is 0.160 e. The highest BCUT2D eigenvalue weighted by molar-refractivity contribution is 6.08. The van der Waals surface area contributed by atoms with Crippen LogP contribution in [0, 0.1) is 0 Å². The summed E-state index contributed by atoms with van der Waals surface area (Å²) >= 11 is 0. The second-order valence-electron chi connectivity index (χ2n) is 11.4. The third-order valence-corrected chi connectivity index (χ3v) is 8.62. The number of para-hydroxylation sites is 3. The summed E-state index contributed by atoms with van der Waals surface area (Å²) in [6, 6.07) is 56.5. The van der Waals surface area contributed by atoms with Gasteiger partial charge in [0.2, 0.25) is 0 Å². The maximum absolute atomic E-state index is 6.56. The molecule has 2 aromatic heterocycles. The Labute approximate surface area is 266 Å². The zero-order chi connectivity index (χ0) is 30.5. The minimum Gasteiger partial charge on any atom is -0.456 e. The average Bonchev–Trinajstić information content (AvgIpc) is 3.40. The number of hydrogen-bond acceptors (Lipinski definition) is 3. The molecule has 0 atom stereocenters. The normalized spacial score (nSPS) is 11.7. The fourth-order valence-electron chi connectivity index (χ4n) is 6.54. The topological polar surface area (TPSA) is 39.9 Å². The van der Waals surface area contributed by atoms with E-state index in [9.17, 15) is 0 Å². The van der Waals surface area contributed by atoms with Gasteiger partial charge in [-0.05, 0) is 42.5 Å². The summed E-state index contributed by atoms with van der Waals surface area (Å²) in [5.41, 5.74) is 11.4. The van der Waals surface area contributed by atoms with Crippen LogP contribution in [0.2, 0.25) is 0 Å². The van der Waals surface area contributed by atoms with Crippen molar-refractivity contribution in [2.45, 2.75) is 0 Å². The molecule has 4 nitrogen and oxygen atoms in total. The van der Waals surface area contributed by atoms with Crippen LogP contribution in [0.25, 0.3) is 72.9 Å². The molecular formula is C42H27N3O. The predicted molar refractivity (Wildman–Crippen MR) is 186 cm³/mol. The Balaban J connectivity index is 1.30. The van der Waals surface area contributed by atoms with Crippen LogP contribution in [0.15, 0.2) is 164 Å². The first-order chi connectivity index (χ1) is 22.8. The van der Waals surface area contributed by atoms with Crippen molar-refractivity contribution in [3.05, 3.63) is 164 Å². The van der Waals surface area contributed by atoms with Gasteiger partial charge in [-0.25, -0.2) is 9.97 Å². The Morgan fingerprint density at radius 2 is 1.04 bits per heavy atom. The third-order valence-electron chi connectivity index (χ3n) is 8.62. The van der Waals surface area contributed by atoms with Crippen molar-refractivity contribution >= 4 is 10.9 Å². The zero-order valence-corrected chi connectivity index (χ0v) is 24.8. The van der Waals surface area contributed by atoms with E-state index < -0.39 is 0 Å². The smallest absolute Gasteiger partial charge is 0.160 e. The Morgan fingerprint density at radius 3 is 1.83 bits per heavy atom. The van der Waals surface area contributed by atoms with Crippen LogP contribution < -0.4 is 4.74 Å². The molecule has 1 aliphatic heterocycles. The lowest BCUT2D eigenvalue weighted by atomic mass is 9.98. The number of aromatic nitrogens is 3. The highest BCUT2D eigenvalue weighted by atomic mass is 16.5. The average molecular weight is 590 g/mol. The van der Waals surface area contributed by atoms with Gasteiger partial charge >= 0.3 is 0 Å².